The minimum Gasteiger partial charge on any atom is -0.489 e. The highest BCUT2D eigenvalue weighted by Crippen LogP contribution is 2.40. The Bertz CT molecular complexity index is 1510. The van der Waals surface area contributed by atoms with E-state index >= 15 is 0 Å². The van der Waals surface area contributed by atoms with Gasteiger partial charge in [0.15, 0.2) is 0 Å². The third-order valence-electron chi connectivity index (χ3n) is 6.14. The molecular weight excluding hydrogens is 452 g/mol. The number of H-pyrrole nitrogens is 1. The van der Waals surface area contributed by atoms with Gasteiger partial charge in [-0.15, -0.1) is 22.4 Å². The molecule has 5 rings (SSSR count). The second-order valence-corrected chi connectivity index (χ2v) is 9.79. The molecule has 1 N–H and O–H groups in total. The Kier molecular flexibility index (Phi) is 6.60. The Hall–Kier alpha value is -3.95. The number of rotatable bonds is 7. The van der Waals surface area contributed by atoms with Gasteiger partial charge in [-0.2, -0.15) is 0 Å². The molecule has 0 unspecified atom stereocenters. The molecule has 0 saturated carbocycles. The summed E-state index contributed by atoms with van der Waals surface area (Å²) < 4.78 is 7.45. The molecule has 0 aliphatic carbocycles. The van der Waals surface area contributed by atoms with Crippen molar-refractivity contribution in [1.82, 2.24) is 20.6 Å². The van der Waals surface area contributed by atoms with E-state index < -0.39 is 0 Å². The molecule has 0 fully saturated rings. The number of nitrogens with one attached hydrogen (secondary N) is 1. The first kappa shape index (κ1) is 22.8. The fourth-order valence-electron chi connectivity index (χ4n) is 4.39. The van der Waals surface area contributed by atoms with Gasteiger partial charge in [0.05, 0.1) is 5.92 Å². The summed E-state index contributed by atoms with van der Waals surface area (Å²) in [6, 6.07) is 23.4. The topological polar surface area (TPSA) is 63.7 Å². The second kappa shape index (κ2) is 10.1. The number of tetrazole rings is 1. The van der Waals surface area contributed by atoms with E-state index in [0.29, 0.717) is 13.0 Å². The number of benzene rings is 3. The highest BCUT2D eigenvalue weighted by Gasteiger charge is 2.14. The SMILES string of the molecule is CC#C[C@@H](Cc1nnn[nH]1)c1ccc(OCc2ccc3sc(C)c(-c4ccccc4C)c3c2)cc1. The van der Waals surface area contributed by atoms with Crippen molar-refractivity contribution in [2.24, 2.45) is 0 Å². The van der Waals surface area contributed by atoms with Crippen molar-refractivity contribution in [3.63, 3.8) is 0 Å². The molecule has 0 amide bonds. The molecular formula is C29H26N4OS. The van der Waals surface area contributed by atoms with Crippen LogP contribution in [0.25, 0.3) is 21.2 Å². The van der Waals surface area contributed by atoms with E-state index in [2.05, 4.69) is 101 Å². The van der Waals surface area contributed by atoms with E-state index in [-0.39, 0.29) is 5.92 Å². The molecule has 1 atom stereocenters. The predicted molar refractivity (Wildman–Crippen MR) is 142 cm³/mol. The van der Waals surface area contributed by atoms with Crippen LogP contribution in [0.1, 0.15) is 40.2 Å². The quantitative estimate of drug-likeness (QED) is 0.267. The van der Waals surface area contributed by atoms with Gasteiger partial charge in [0.2, 0.25) is 0 Å². The molecule has 2 aromatic heterocycles. The first-order valence-corrected chi connectivity index (χ1v) is 12.4. The Morgan fingerprint density at radius 3 is 2.60 bits per heavy atom. The zero-order chi connectivity index (χ0) is 24.2. The number of fused-ring (bicyclic) bond motifs is 1. The normalized spacial score (nSPS) is 11.7. The summed E-state index contributed by atoms with van der Waals surface area (Å²) in [5, 5.41) is 15.4. The monoisotopic (exact) mass is 478 g/mol. The van der Waals surface area contributed by atoms with Gasteiger partial charge in [-0.05, 0) is 77.7 Å². The van der Waals surface area contributed by atoms with Crippen LogP contribution >= 0.6 is 11.3 Å². The van der Waals surface area contributed by atoms with E-state index in [1.807, 2.05) is 30.4 Å². The van der Waals surface area contributed by atoms with Gasteiger partial charge in [0.1, 0.15) is 18.2 Å². The van der Waals surface area contributed by atoms with Crippen molar-refractivity contribution in [1.29, 1.82) is 0 Å². The fraction of sp³-hybridized carbons (Fsp3) is 0.207. The summed E-state index contributed by atoms with van der Waals surface area (Å²) in [7, 11) is 0. The van der Waals surface area contributed by atoms with Gasteiger partial charge >= 0.3 is 0 Å². The van der Waals surface area contributed by atoms with Gasteiger partial charge in [-0.25, -0.2) is 5.10 Å². The van der Waals surface area contributed by atoms with E-state index in [1.165, 1.54) is 31.7 Å². The third-order valence-corrected chi connectivity index (χ3v) is 7.22. The molecule has 0 radical (unpaired) electrons. The van der Waals surface area contributed by atoms with Gasteiger partial charge in [-0.3, -0.25) is 0 Å². The lowest BCUT2D eigenvalue weighted by Crippen LogP contribution is -2.03. The average Bonchev–Trinajstić information content (AvgIpc) is 3.50. The Morgan fingerprint density at radius 2 is 1.86 bits per heavy atom. The Balaban J connectivity index is 1.33. The third kappa shape index (κ3) is 4.96. The number of hydrogen-bond donors (Lipinski definition) is 1. The molecule has 174 valence electrons. The minimum absolute atomic E-state index is 0.0212. The number of ether oxygens (including phenoxy) is 1. The van der Waals surface area contributed by atoms with Crippen LogP contribution in [0.4, 0.5) is 0 Å². The van der Waals surface area contributed by atoms with Crippen molar-refractivity contribution < 1.29 is 4.74 Å². The summed E-state index contributed by atoms with van der Waals surface area (Å²) in [5.41, 5.74) is 6.20. The largest absolute Gasteiger partial charge is 0.489 e. The first-order chi connectivity index (χ1) is 17.1. The second-order valence-electron chi connectivity index (χ2n) is 8.54. The maximum atomic E-state index is 6.15. The summed E-state index contributed by atoms with van der Waals surface area (Å²) in [5.74, 6) is 7.84. The predicted octanol–water partition coefficient (Wildman–Crippen LogP) is 6.63. The molecule has 0 bridgehead atoms. The molecule has 2 heterocycles. The molecule has 35 heavy (non-hydrogen) atoms. The maximum Gasteiger partial charge on any atom is 0.150 e. The number of thiophene rings is 1. The van der Waals surface area contributed by atoms with E-state index in [9.17, 15) is 0 Å². The molecule has 5 nitrogen and oxygen atoms in total. The van der Waals surface area contributed by atoms with Crippen LogP contribution in [-0.2, 0) is 13.0 Å². The van der Waals surface area contributed by atoms with E-state index in [1.54, 1.807) is 0 Å². The molecule has 0 aliphatic heterocycles. The summed E-state index contributed by atoms with van der Waals surface area (Å²) in [4.78, 5) is 1.34. The molecule has 0 aliphatic rings. The zero-order valence-corrected chi connectivity index (χ0v) is 20.8. The highest BCUT2D eigenvalue weighted by molar-refractivity contribution is 7.19. The standard InChI is InChI=1S/C29H26N4OS/c1-4-7-23(17-28-30-32-33-31-28)22-11-13-24(14-12-22)34-18-21-10-15-27-26(16-21)29(20(3)35-27)25-9-6-5-8-19(25)2/h5-6,8-16,23H,17-18H2,1-3H3,(H,30,31,32,33)/t23-/m0/s1. The number of aryl methyl sites for hydroxylation is 2. The highest BCUT2D eigenvalue weighted by atomic mass is 32.1. The molecule has 5 aromatic rings. The van der Waals surface area contributed by atoms with Crippen molar-refractivity contribution in [3.05, 3.63) is 94.1 Å². The smallest absolute Gasteiger partial charge is 0.150 e. The van der Waals surface area contributed by atoms with Crippen LogP contribution < -0.4 is 4.74 Å². The average molecular weight is 479 g/mol. The Morgan fingerprint density at radius 1 is 1.03 bits per heavy atom. The maximum absolute atomic E-state index is 6.15. The summed E-state index contributed by atoms with van der Waals surface area (Å²) >= 11 is 1.85. The molecule has 0 saturated heterocycles. The van der Waals surface area contributed by atoms with Crippen molar-refractivity contribution >= 4 is 21.4 Å². The van der Waals surface area contributed by atoms with Crippen LogP contribution in [-0.4, -0.2) is 20.6 Å². The number of nitrogens with zero attached hydrogens (tertiary/aromatic N) is 3. The summed E-state index contributed by atoms with van der Waals surface area (Å²) in [6.45, 7) is 6.74. The van der Waals surface area contributed by atoms with Crippen LogP contribution in [0.5, 0.6) is 5.75 Å². The lowest BCUT2D eigenvalue weighted by Gasteiger charge is -2.12. The lowest BCUT2D eigenvalue weighted by molar-refractivity contribution is 0.306. The number of aromatic nitrogens is 4. The number of aromatic amines is 1. The lowest BCUT2D eigenvalue weighted by atomic mass is 9.96. The van der Waals surface area contributed by atoms with Crippen LogP contribution in [0.3, 0.4) is 0 Å². The molecule has 0 spiro atoms. The summed E-state index contributed by atoms with van der Waals surface area (Å²) in [6.07, 6.45) is 0.636. The molecule has 3 aromatic carbocycles. The van der Waals surface area contributed by atoms with Crippen LogP contribution in [0.2, 0.25) is 0 Å². The van der Waals surface area contributed by atoms with Crippen molar-refractivity contribution in [2.75, 3.05) is 0 Å². The minimum atomic E-state index is 0.0212. The van der Waals surface area contributed by atoms with Gasteiger partial charge in [-0.1, -0.05) is 48.4 Å². The van der Waals surface area contributed by atoms with Crippen molar-refractivity contribution in [3.8, 4) is 28.7 Å². The first-order valence-electron chi connectivity index (χ1n) is 11.6. The van der Waals surface area contributed by atoms with E-state index in [0.717, 1.165) is 22.7 Å². The number of hydrogen-bond acceptors (Lipinski definition) is 5. The zero-order valence-electron chi connectivity index (χ0n) is 20.0. The van der Waals surface area contributed by atoms with Crippen LogP contribution in [0, 0.1) is 25.7 Å². The van der Waals surface area contributed by atoms with Gasteiger partial charge < -0.3 is 4.74 Å². The van der Waals surface area contributed by atoms with Gasteiger partial charge in [0.25, 0.3) is 0 Å². The van der Waals surface area contributed by atoms with Gasteiger partial charge in [0, 0.05) is 26.9 Å². The van der Waals surface area contributed by atoms with Crippen LogP contribution in [0.15, 0.2) is 66.7 Å². The fourth-order valence-corrected chi connectivity index (χ4v) is 5.45. The molecule has 6 heteroatoms. The Labute approximate surface area is 209 Å². The van der Waals surface area contributed by atoms with Crippen molar-refractivity contribution in [2.45, 2.75) is 39.7 Å². The van der Waals surface area contributed by atoms with E-state index in [4.69, 9.17) is 4.74 Å².